The number of hydrogen-bond acceptors (Lipinski definition) is 8. The van der Waals surface area contributed by atoms with Crippen molar-refractivity contribution < 1.29 is 28.2 Å². The number of ether oxygens (including phenoxy) is 2. The Morgan fingerprint density at radius 1 is 0.905 bits per heavy atom. The number of anilines is 3. The average Bonchev–Trinajstić information content (AvgIpc) is 3.43. The first-order valence-electron chi connectivity index (χ1n) is 13.6. The molecule has 1 fully saturated rings. The first kappa shape index (κ1) is 30.8. The lowest BCUT2D eigenvalue weighted by molar-refractivity contribution is 0.0240. The molecule has 42 heavy (non-hydrogen) atoms. The molecule has 10 nitrogen and oxygen atoms in total. The standard InChI is InChI=1S/C30H36FN5O5S/c1-29(2,3)40-27(38)34-24-17-21(31)20(25-8-7-15-42-25)16-23(24)33-26(37)22-10-9-19(18-32-22)35-11-13-36(14-12-35)28(39)41-30(4,5)6/h7-10,15-18H,11-14H2,1-6H3,(H,33,37)(H,34,38). The van der Waals surface area contributed by atoms with Crippen molar-refractivity contribution in [2.45, 2.75) is 52.7 Å². The highest BCUT2D eigenvalue weighted by Gasteiger charge is 2.26. The highest BCUT2D eigenvalue weighted by molar-refractivity contribution is 7.13. The van der Waals surface area contributed by atoms with Gasteiger partial charge in [-0.15, -0.1) is 11.3 Å². The maximum atomic E-state index is 15.1. The van der Waals surface area contributed by atoms with Crippen LogP contribution in [0.15, 0.2) is 48.0 Å². The highest BCUT2D eigenvalue weighted by atomic mass is 32.1. The lowest BCUT2D eigenvalue weighted by atomic mass is 10.1. The van der Waals surface area contributed by atoms with Crippen LogP contribution in [-0.2, 0) is 9.47 Å². The molecule has 4 rings (SSSR count). The fourth-order valence-electron chi connectivity index (χ4n) is 4.18. The monoisotopic (exact) mass is 597 g/mol. The minimum atomic E-state index is -0.782. The van der Waals surface area contributed by atoms with Crippen molar-refractivity contribution in [3.05, 3.63) is 59.5 Å². The van der Waals surface area contributed by atoms with Gasteiger partial charge in [0.05, 0.1) is 23.3 Å². The van der Waals surface area contributed by atoms with Gasteiger partial charge in [0.15, 0.2) is 0 Å². The Morgan fingerprint density at radius 3 is 2.14 bits per heavy atom. The van der Waals surface area contributed by atoms with Gasteiger partial charge in [-0.25, -0.2) is 19.0 Å². The zero-order valence-electron chi connectivity index (χ0n) is 24.6. The molecule has 2 N–H and O–H groups in total. The number of piperazine rings is 1. The van der Waals surface area contributed by atoms with E-state index in [9.17, 15) is 14.4 Å². The third-order valence-electron chi connectivity index (χ3n) is 6.05. The van der Waals surface area contributed by atoms with E-state index >= 15 is 4.39 Å². The number of benzene rings is 1. The number of nitrogens with zero attached hydrogens (tertiary/aromatic N) is 3. The Bertz CT molecular complexity index is 1420. The van der Waals surface area contributed by atoms with Crippen LogP contribution in [0.2, 0.25) is 0 Å². The molecule has 2 aromatic heterocycles. The van der Waals surface area contributed by atoms with Crippen LogP contribution in [0, 0.1) is 5.82 Å². The molecule has 0 saturated carbocycles. The predicted octanol–water partition coefficient (Wildman–Crippen LogP) is 6.61. The second kappa shape index (κ2) is 12.4. The van der Waals surface area contributed by atoms with Crippen molar-refractivity contribution in [2.24, 2.45) is 0 Å². The number of pyridine rings is 1. The Labute approximate surface area is 248 Å². The molecule has 3 heterocycles. The summed E-state index contributed by atoms with van der Waals surface area (Å²) in [5.41, 5.74) is 0.150. The number of amides is 3. The molecule has 12 heteroatoms. The molecular weight excluding hydrogens is 561 g/mol. The SMILES string of the molecule is CC(C)(C)OC(=O)Nc1cc(F)c(-c2cccs2)cc1NC(=O)c1ccc(N2CCN(C(=O)OC(C)(C)C)CC2)cn1. The first-order valence-corrected chi connectivity index (χ1v) is 14.4. The normalized spacial score (nSPS) is 13.9. The number of carbonyl (C=O) groups is 3. The van der Waals surface area contributed by atoms with Crippen LogP contribution in [0.4, 0.5) is 31.0 Å². The van der Waals surface area contributed by atoms with Gasteiger partial charge in [-0.3, -0.25) is 10.1 Å². The van der Waals surface area contributed by atoms with Gasteiger partial charge < -0.3 is 24.6 Å². The van der Waals surface area contributed by atoms with Crippen LogP contribution in [0.25, 0.3) is 10.4 Å². The van der Waals surface area contributed by atoms with Crippen molar-refractivity contribution in [3.8, 4) is 10.4 Å². The van der Waals surface area contributed by atoms with E-state index in [2.05, 4.69) is 20.5 Å². The van der Waals surface area contributed by atoms with Crippen LogP contribution in [0.5, 0.6) is 0 Å². The molecule has 1 saturated heterocycles. The van der Waals surface area contributed by atoms with Gasteiger partial charge >= 0.3 is 12.2 Å². The third kappa shape index (κ3) is 8.19. The summed E-state index contributed by atoms with van der Waals surface area (Å²) in [6.07, 6.45) is 0.478. The second-order valence-corrected chi connectivity index (χ2v) is 12.7. The van der Waals surface area contributed by atoms with Crippen LogP contribution < -0.4 is 15.5 Å². The van der Waals surface area contributed by atoms with Gasteiger partial charge in [0.2, 0.25) is 0 Å². The van der Waals surface area contributed by atoms with E-state index in [4.69, 9.17) is 9.47 Å². The average molecular weight is 598 g/mol. The van der Waals surface area contributed by atoms with Crippen LogP contribution in [0.3, 0.4) is 0 Å². The third-order valence-corrected chi connectivity index (χ3v) is 6.96. The van der Waals surface area contributed by atoms with Gasteiger partial charge in [0, 0.05) is 42.7 Å². The van der Waals surface area contributed by atoms with E-state index in [1.807, 2.05) is 26.2 Å². The van der Waals surface area contributed by atoms with Crippen molar-refractivity contribution in [1.29, 1.82) is 0 Å². The van der Waals surface area contributed by atoms with Gasteiger partial charge in [0.25, 0.3) is 5.91 Å². The number of hydrogen-bond donors (Lipinski definition) is 2. The predicted molar refractivity (Wildman–Crippen MR) is 162 cm³/mol. The molecule has 0 spiro atoms. The first-order chi connectivity index (χ1) is 19.7. The van der Waals surface area contributed by atoms with E-state index in [-0.39, 0.29) is 28.7 Å². The zero-order chi connectivity index (χ0) is 30.7. The van der Waals surface area contributed by atoms with Crippen LogP contribution in [-0.4, -0.2) is 65.4 Å². The van der Waals surface area contributed by atoms with Gasteiger partial charge in [-0.05, 0) is 71.2 Å². The van der Waals surface area contributed by atoms with E-state index in [0.717, 1.165) is 11.8 Å². The van der Waals surface area contributed by atoms with Crippen LogP contribution in [0.1, 0.15) is 52.0 Å². The minimum absolute atomic E-state index is 0.0508. The van der Waals surface area contributed by atoms with Gasteiger partial charge in [-0.1, -0.05) is 6.07 Å². The van der Waals surface area contributed by atoms with Crippen molar-refractivity contribution in [1.82, 2.24) is 9.88 Å². The highest BCUT2D eigenvalue weighted by Crippen LogP contribution is 2.35. The summed E-state index contributed by atoms with van der Waals surface area (Å²) in [5.74, 6) is -1.09. The molecule has 0 atom stereocenters. The van der Waals surface area contributed by atoms with E-state index in [1.165, 1.54) is 17.4 Å². The molecule has 1 aliphatic heterocycles. The summed E-state index contributed by atoms with van der Waals surface area (Å²) in [7, 11) is 0. The fraction of sp³-hybridized carbons (Fsp3) is 0.400. The number of rotatable bonds is 5. The maximum absolute atomic E-state index is 15.1. The molecule has 3 aromatic rings. The van der Waals surface area contributed by atoms with Crippen molar-refractivity contribution in [2.75, 3.05) is 41.7 Å². The summed E-state index contributed by atoms with van der Waals surface area (Å²) in [6.45, 7) is 12.8. The topological polar surface area (TPSA) is 113 Å². The Balaban J connectivity index is 1.47. The lowest BCUT2D eigenvalue weighted by Crippen LogP contribution is -2.50. The molecule has 0 aliphatic carbocycles. The smallest absolute Gasteiger partial charge is 0.412 e. The molecule has 0 bridgehead atoms. The maximum Gasteiger partial charge on any atom is 0.412 e. The summed E-state index contributed by atoms with van der Waals surface area (Å²) < 4.78 is 25.8. The number of nitrogens with one attached hydrogen (secondary N) is 2. The number of halogens is 1. The summed E-state index contributed by atoms with van der Waals surface area (Å²) in [5, 5.41) is 7.11. The molecule has 1 aromatic carbocycles. The van der Waals surface area contributed by atoms with Crippen LogP contribution >= 0.6 is 11.3 Å². The lowest BCUT2D eigenvalue weighted by Gasteiger charge is -2.36. The minimum Gasteiger partial charge on any atom is -0.444 e. The quantitative estimate of drug-likeness (QED) is 0.340. The molecule has 0 unspecified atom stereocenters. The number of carbonyl (C=O) groups excluding carboxylic acids is 3. The fourth-order valence-corrected chi connectivity index (χ4v) is 4.93. The zero-order valence-corrected chi connectivity index (χ0v) is 25.4. The van der Waals surface area contributed by atoms with Crippen molar-refractivity contribution in [3.63, 3.8) is 0 Å². The molecule has 0 radical (unpaired) electrons. The van der Waals surface area contributed by atoms with Crippen molar-refractivity contribution >= 4 is 46.5 Å². The van der Waals surface area contributed by atoms with E-state index in [0.29, 0.717) is 31.1 Å². The Hall–Kier alpha value is -4.19. The number of aromatic nitrogens is 1. The van der Waals surface area contributed by atoms with E-state index in [1.54, 1.807) is 56.1 Å². The Kier molecular flexibility index (Phi) is 9.05. The number of thiophene rings is 1. The summed E-state index contributed by atoms with van der Waals surface area (Å²) in [6, 6.07) is 9.57. The van der Waals surface area contributed by atoms with Gasteiger partial charge in [-0.2, -0.15) is 0 Å². The van der Waals surface area contributed by atoms with Gasteiger partial charge in [0.1, 0.15) is 22.7 Å². The molecule has 3 amide bonds. The molecule has 1 aliphatic rings. The molecular formula is C30H36FN5O5S. The summed E-state index contributed by atoms with van der Waals surface area (Å²) in [4.78, 5) is 46.8. The summed E-state index contributed by atoms with van der Waals surface area (Å²) >= 11 is 1.35. The second-order valence-electron chi connectivity index (χ2n) is 11.8. The van der Waals surface area contributed by atoms with E-state index < -0.39 is 29.0 Å². The largest absolute Gasteiger partial charge is 0.444 e. The molecule has 224 valence electrons. The Morgan fingerprint density at radius 2 is 1.57 bits per heavy atom.